The molecule has 0 spiro atoms. The van der Waals surface area contributed by atoms with Gasteiger partial charge in [-0.3, -0.25) is 14.5 Å². The summed E-state index contributed by atoms with van der Waals surface area (Å²) in [6, 6.07) is 8.64. The molecular formula is C27H22Cl2N2O6S. The van der Waals surface area contributed by atoms with Crippen molar-refractivity contribution in [1.29, 1.82) is 0 Å². The average Bonchev–Trinajstić information content (AvgIpc) is 3.51. The number of amides is 1. The van der Waals surface area contributed by atoms with Crippen molar-refractivity contribution in [2.45, 2.75) is 39.3 Å². The summed E-state index contributed by atoms with van der Waals surface area (Å²) >= 11 is 13.6. The number of aliphatic hydroxyl groups excluding tert-OH is 1. The third-order valence-corrected chi connectivity index (χ3v) is 8.02. The zero-order valence-electron chi connectivity index (χ0n) is 20.6. The summed E-state index contributed by atoms with van der Waals surface area (Å²) < 4.78 is 10.8. The SMILES string of the molecule is CCOC(=O)c1sc(N2C(=O)C(=O)/C(=C(/O)c3ccc4c(c3)CC(C)O4)C2c2ccc(Cl)cc2Cl)nc1C. The van der Waals surface area contributed by atoms with Crippen LogP contribution in [0.4, 0.5) is 5.13 Å². The van der Waals surface area contributed by atoms with Gasteiger partial charge in [0.2, 0.25) is 0 Å². The third kappa shape index (κ3) is 4.44. The van der Waals surface area contributed by atoms with Crippen molar-refractivity contribution in [3.05, 3.63) is 79.3 Å². The van der Waals surface area contributed by atoms with Crippen LogP contribution in [0.1, 0.15) is 51.9 Å². The minimum atomic E-state index is -1.12. The van der Waals surface area contributed by atoms with E-state index in [4.69, 9.17) is 32.7 Å². The summed E-state index contributed by atoms with van der Waals surface area (Å²) in [5.41, 5.74) is 1.79. The van der Waals surface area contributed by atoms with Crippen LogP contribution >= 0.6 is 34.5 Å². The maximum Gasteiger partial charge on any atom is 0.350 e. The lowest BCUT2D eigenvalue weighted by molar-refractivity contribution is -0.132. The second-order valence-corrected chi connectivity index (χ2v) is 10.7. The number of anilines is 1. The van der Waals surface area contributed by atoms with Gasteiger partial charge in [0.05, 0.1) is 23.9 Å². The summed E-state index contributed by atoms with van der Waals surface area (Å²) in [4.78, 5) is 45.1. The molecule has 38 heavy (non-hydrogen) atoms. The zero-order valence-corrected chi connectivity index (χ0v) is 22.9. The molecule has 0 bridgehead atoms. The monoisotopic (exact) mass is 572 g/mol. The molecule has 2 aliphatic rings. The van der Waals surface area contributed by atoms with Crippen LogP contribution in [0.3, 0.4) is 0 Å². The van der Waals surface area contributed by atoms with Crippen LogP contribution in [0.15, 0.2) is 42.0 Å². The molecule has 1 N–H and O–H groups in total. The Labute approximate surface area is 232 Å². The van der Waals surface area contributed by atoms with Gasteiger partial charge in [0.15, 0.2) is 5.13 Å². The highest BCUT2D eigenvalue weighted by Crippen LogP contribution is 2.46. The molecule has 2 aliphatic heterocycles. The van der Waals surface area contributed by atoms with E-state index in [1.54, 1.807) is 44.2 Å². The predicted octanol–water partition coefficient (Wildman–Crippen LogP) is 5.88. The maximum atomic E-state index is 13.5. The largest absolute Gasteiger partial charge is 0.507 e. The van der Waals surface area contributed by atoms with Gasteiger partial charge in [-0.15, -0.1) is 0 Å². The van der Waals surface area contributed by atoms with Crippen molar-refractivity contribution >= 4 is 63.1 Å². The van der Waals surface area contributed by atoms with E-state index in [-0.39, 0.29) is 39.1 Å². The Balaban J connectivity index is 1.69. The Hall–Kier alpha value is -3.40. The molecule has 0 aliphatic carbocycles. The second kappa shape index (κ2) is 10.1. The van der Waals surface area contributed by atoms with Crippen LogP contribution in [0.25, 0.3) is 5.76 Å². The van der Waals surface area contributed by atoms with E-state index in [0.29, 0.717) is 34.0 Å². The number of esters is 1. The fourth-order valence-electron chi connectivity index (χ4n) is 4.64. The van der Waals surface area contributed by atoms with Crippen molar-refractivity contribution in [1.82, 2.24) is 4.98 Å². The van der Waals surface area contributed by atoms with E-state index in [9.17, 15) is 19.5 Å². The summed E-state index contributed by atoms with van der Waals surface area (Å²) in [5, 5.41) is 12.1. The van der Waals surface area contributed by atoms with Crippen LogP contribution in [0, 0.1) is 6.92 Å². The summed E-state index contributed by atoms with van der Waals surface area (Å²) in [7, 11) is 0. The van der Waals surface area contributed by atoms with E-state index in [2.05, 4.69) is 4.98 Å². The van der Waals surface area contributed by atoms with Gasteiger partial charge < -0.3 is 14.6 Å². The number of thiazole rings is 1. The van der Waals surface area contributed by atoms with Gasteiger partial charge in [-0.2, -0.15) is 0 Å². The molecular weight excluding hydrogens is 551 g/mol. The molecule has 2 atom stereocenters. The molecule has 0 radical (unpaired) electrons. The number of aryl methyl sites for hydroxylation is 1. The number of rotatable bonds is 5. The highest BCUT2D eigenvalue weighted by atomic mass is 35.5. The standard InChI is InChI=1S/C27H22Cl2N2O6S/c1-4-36-26(35)24-13(3)30-27(38-24)31-21(17-7-6-16(28)11-18(17)29)20(23(33)25(31)34)22(32)14-5-8-19-15(10-14)9-12(2)37-19/h5-8,10-12,21,32H,4,9H2,1-3H3/b22-20+. The molecule has 8 nitrogen and oxygen atoms in total. The minimum Gasteiger partial charge on any atom is -0.507 e. The molecule has 1 aromatic heterocycles. The van der Waals surface area contributed by atoms with E-state index in [1.165, 1.54) is 6.07 Å². The maximum absolute atomic E-state index is 13.5. The van der Waals surface area contributed by atoms with Crippen molar-refractivity contribution in [3.63, 3.8) is 0 Å². The van der Waals surface area contributed by atoms with Gasteiger partial charge in [-0.25, -0.2) is 9.78 Å². The number of ether oxygens (including phenoxy) is 2. The van der Waals surface area contributed by atoms with Gasteiger partial charge in [-0.1, -0.05) is 40.6 Å². The summed E-state index contributed by atoms with van der Waals surface area (Å²) in [6.45, 7) is 5.40. The molecule has 1 fully saturated rings. The number of carbonyl (C=O) groups excluding carboxylic acids is 3. The Kier molecular flexibility index (Phi) is 6.94. The average molecular weight is 573 g/mol. The smallest absolute Gasteiger partial charge is 0.350 e. The number of ketones is 1. The molecule has 3 aromatic rings. The van der Waals surface area contributed by atoms with Crippen molar-refractivity contribution in [3.8, 4) is 5.75 Å². The molecule has 2 unspecified atom stereocenters. The van der Waals surface area contributed by atoms with Crippen molar-refractivity contribution in [2.24, 2.45) is 0 Å². The summed E-state index contributed by atoms with van der Waals surface area (Å²) in [5.74, 6) is -2.06. The van der Waals surface area contributed by atoms with Crippen LogP contribution in [-0.4, -0.2) is 40.5 Å². The number of fused-ring (bicyclic) bond motifs is 1. The number of benzene rings is 2. The normalized spacial score (nSPS) is 20.0. The molecule has 2 aromatic carbocycles. The Morgan fingerprint density at radius 3 is 2.71 bits per heavy atom. The molecule has 5 rings (SSSR count). The van der Waals surface area contributed by atoms with E-state index < -0.39 is 23.7 Å². The van der Waals surface area contributed by atoms with Crippen molar-refractivity contribution < 1.29 is 29.0 Å². The molecule has 1 saturated heterocycles. The first-order valence-electron chi connectivity index (χ1n) is 11.8. The lowest BCUT2D eigenvalue weighted by Gasteiger charge is -2.24. The van der Waals surface area contributed by atoms with Gasteiger partial charge in [-0.05, 0) is 62.2 Å². The molecule has 11 heteroatoms. The van der Waals surface area contributed by atoms with E-state index in [0.717, 1.165) is 21.8 Å². The Morgan fingerprint density at radius 2 is 2.00 bits per heavy atom. The number of carbonyl (C=O) groups is 3. The number of hydrogen-bond donors (Lipinski definition) is 1. The topological polar surface area (TPSA) is 106 Å². The first-order chi connectivity index (χ1) is 18.1. The third-order valence-electron chi connectivity index (χ3n) is 6.32. The number of hydrogen-bond acceptors (Lipinski definition) is 8. The number of aromatic nitrogens is 1. The predicted molar refractivity (Wildman–Crippen MR) is 144 cm³/mol. The molecule has 3 heterocycles. The van der Waals surface area contributed by atoms with E-state index in [1.807, 2.05) is 6.92 Å². The molecule has 0 saturated carbocycles. The van der Waals surface area contributed by atoms with Gasteiger partial charge in [0.1, 0.15) is 22.5 Å². The highest BCUT2D eigenvalue weighted by Gasteiger charge is 2.49. The van der Waals surface area contributed by atoms with Crippen LogP contribution in [-0.2, 0) is 20.7 Å². The lowest BCUT2D eigenvalue weighted by atomic mass is 9.94. The number of halogens is 2. The first kappa shape index (κ1) is 26.2. The fourth-order valence-corrected chi connectivity index (χ4v) is 6.14. The zero-order chi connectivity index (χ0) is 27.3. The Bertz CT molecular complexity index is 1530. The quantitative estimate of drug-likeness (QED) is 0.176. The van der Waals surface area contributed by atoms with Crippen LogP contribution in [0.2, 0.25) is 10.0 Å². The Morgan fingerprint density at radius 1 is 1.24 bits per heavy atom. The first-order valence-corrected chi connectivity index (χ1v) is 13.4. The van der Waals surface area contributed by atoms with Crippen molar-refractivity contribution in [2.75, 3.05) is 11.5 Å². The van der Waals surface area contributed by atoms with E-state index >= 15 is 0 Å². The second-order valence-electron chi connectivity index (χ2n) is 8.92. The fraction of sp³-hybridized carbons (Fsp3) is 0.259. The highest BCUT2D eigenvalue weighted by molar-refractivity contribution is 7.17. The number of nitrogens with zero attached hydrogens (tertiary/aromatic N) is 2. The van der Waals surface area contributed by atoms with Gasteiger partial charge >= 0.3 is 11.9 Å². The molecule has 1 amide bonds. The summed E-state index contributed by atoms with van der Waals surface area (Å²) in [6.07, 6.45) is 0.634. The lowest BCUT2D eigenvalue weighted by Crippen LogP contribution is -2.29. The van der Waals surface area contributed by atoms with Crippen LogP contribution in [0.5, 0.6) is 5.75 Å². The number of Topliss-reactive ketones (excluding diaryl/α,β-unsaturated/α-hetero) is 1. The van der Waals surface area contributed by atoms with Crippen LogP contribution < -0.4 is 9.64 Å². The van der Waals surface area contributed by atoms with Gasteiger partial charge in [0.25, 0.3) is 5.78 Å². The molecule has 196 valence electrons. The number of aliphatic hydroxyl groups is 1. The van der Waals surface area contributed by atoms with Gasteiger partial charge in [0, 0.05) is 22.0 Å². The minimum absolute atomic E-state index is 0.0115.